The Kier molecular flexibility index (Phi) is 5.25. The van der Waals surface area contributed by atoms with Crippen LogP contribution in [0.4, 0.5) is 9.18 Å². The maximum absolute atomic E-state index is 12.9. The molecule has 1 fully saturated rings. The zero-order valence-electron chi connectivity index (χ0n) is 14.2. The van der Waals surface area contributed by atoms with E-state index in [0.29, 0.717) is 16.0 Å². The normalized spacial score (nSPS) is 14.0. The number of nitrogens with zero attached hydrogens (tertiary/aromatic N) is 2. The van der Waals surface area contributed by atoms with E-state index < -0.39 is 36.1 Å². The molecule has 2 aromatic rings. The van der Waals surface area contributed by atoms with Gasteiger partial charge in [-0.1, -0.05) is 42.5 Å². The first kappa shape index (κ1) is 18.2. The lowest BCUT2D eigenvalue weighted by Gasteiger charge is -2.15. The topological polar surface area (TPSA) is 86.8 Å². The van der Waals surface area contributed by atoms with Crippen LogP contribution in [0.15, 0.2) is 54.6 Å². The molecular weight excluding hydrogens is 353 g/mol. The molecule has 0 saturated carbocycles. The van der Waals surface area contributed by atoms with Crippen molar-refractivity contribution in [1.29, 1.82) is 0 Å². The van der Waals surface area contributed by atoms with Gasteiger partial charge in [-0.3, -0.25) is 19.3 Å². The molecule has 138 valence electrons. The minimum absolute atomic E-state index is 0.0437. The van der Waals surface area contributed by atoms with Crippen LogP contribution in [0.3, 0.4) is 0 Å². The second-order valence-electron chi connectivity index (χ2n) is 5.95. The maximum Gasteiger partial charge on any atom is 0.335 e. The summed E-state index contributed by atoms with van der Waals surface area (Å²) in [6, 6.07) is 13.5. The predicted octanol–water partition coefficient (Wildman–Crippen LogP) is 1.43. The molecule has 1 aliphatic rings. The van der Waals surface area contributed by atoms with E-state index in [2.05, 4.69) is 5.32 Å². The average Bonchev–Trinajstić information content (AvgIpc) is 2.86. The summed E-state index contributed by atoms with van der Waals surface area (Å²) in [6.07, 6.45) is 0. The Hall–Kier alpha value is -3.55. The summed E-state index contributed by atoms with van der Waals surface area (Å²) in [5.74, 6) is -2.99. The molecule has 1 N–H and O–H groups in total. The summed E-state index contributed by atoms with van der Waals surface area (Å²) in [6.45, 7) is -0.495. The number of carbonyl (C=O) groups excluding carboxylic acids is 4. The first-order valence-corrected chi connectivity index (χ1v) is 8.18. The number of amides is 5. The van der Waals surface area contributed by atoms with Crippen molar-refractivity contribution in [2.24, 2.45) is 0 Å². The largest absolute Gasteiger partial charge is 0.350 e. The Morgan fingerprint density at radius 2 is 1.48 bits per heavy atom. The summed E-state index contributed by atoms with van der Waals surface area (Å²) >= 11 is 0. The molecule has 0 atom stereocenters. The molecule has 0 radical (unpaired) electrons. The SMILES string of the molecule is O=C(CN1C(=O)C(=O)N(Cc2ccccc2)C1=O)NCc1ccc(F)cc1. The predicted molar refractivity (Wildman–Crippen MR) is 92.3 cm³/mol. The zero-order chi connectivity index (χ0) is 19.4. The number of halogens is 1. The Labute approximate surface area is 154 Å². The molecule has 2 aromatic carbocycles. The lowest BCUT2D eigenvalue weighted by molar-refractivity contribution is -0.144. The van der Waals surface area contributed by atoms with Gasteiger partial charge < -0.3 is 5.32 Å². The highest BCUT2D eigenvalue weighted by Gasteiger charge is 2.45. The van der Waals surface area contributed by atoms with Gasteiger partial charge in [-0.15, -0.1) is 0 Å². The van der Waals surface area contributed by atoms with Gasteiger partial charge in [0.05, 0.1) is 6.54 Å². The second-order valence-corrected chi connectivity index (χ2v) is 5.95. The average molecular weight is 369 g/mol. The van der Waals surface area contributed by atoms with Crippen LogP contribution in [-0.2, 0) is 27.5 Å². The van der Waals surface area contributed by atoms with E-state index in [0.717, 1.165) is 4.90 Å². The van der Waals surface area contributed by atoms with Crippen molar-refractivity contribution < 1.29 is 23.6 Å². The monoisotopic (exact) mass is 369 g/mol. The van der Waals surface area contributed by atoms with Crippen LogP contribution in [0.5, 0.6) is 0 Å². The third-order valence-electron chi connectivity index (χ3n) is 4.02. The maximum atomic E-state index is 12.9. The van der Waals surface area contributed by atoms with Crippen LogP contribution in [0.2, 0.25) is 0 Å². The van der Waals surface area contributed by atoms with Gasteiger partial charge >= 0.3 is 17.8 Å². The minimum atomic E-state index is -1.03. The lowest BCUT2D eigenvalue weighted by atomic mass is 10.2. The van der Waals surface area contributed by atoms with Gasteiger partial charge in [-0.05, 0) is 23.3 Å². The number of hydrogen-bond acceptors (Lipinski definition) is 4. The second kappa shape index (κ2) is 7.77. The van der Waals surface area contributed by atoms with Crippen LogP contribution in [0.1, 0.15) is 11.1 Å². The molecular formula is C19H16FN3O4. The van der Waals surface area contributed by atoms with Gasteiger partial charge in [0.25, 0.3) is 0 Å². The van der Waals surface area contributed by atoms with Crippen molar-refractivity contribution in [3.8, 4) is 0 Å². The van der Waals surface area contributed by atoms with Crippen molar-refractivity contribution in [2.75, 3.05) is 6.54 Å². The molecule has 0 aromatic heterocycles. The molecule has 0 bridgehead atoms. The quantitative estimate of drug-likeness (QED) is 0.617. The van der Waals surface area contributed by atoms with E-state index >= 15 is 0 Å². The van der Waals surface area contributed by atoms with Gasteiger partial charge in [0, 0.05) is 6.54 Å². The Balaban J connectivity index is 1.59. The lowest BCUT2D eigenvalue weighted by Crippen LogP contribution is -2.41. The smallest absolute Gasteiger partial charge is 0.335 e. The highest BCUT2D eigenvalue weighted by Crippen LogP contribution is 2.15. The van der Waals surface area contributed by atoms with Gasteiger partial charge in [0.1, 0.15) is 12.4 Å². The number of carbonyl (C=O) groups is 4. The standard InChI is InChI=1S/C19H16FN3O4/c20-15-8-6-13(7-9-15)10-21-16(24)12-23-18(26)17(25)22(19(23)27)11-14-4-2-1-3-5-14/h1-9H,10-12H2,(H,21,24). The van der Waals surface area contributed by atoms with Crippen LogP contribution >= 0.6 is 0 Å². The molecule has 0 unspecified atom stereocenters. The zero-order valence-corrected chi connectivity index (χ0v) is 14.2. The Morgan fingerprint density at radius 3 is 2.15 bits per heavy atom. The number of nitrogens with one attached hydrogen (secondary N) is 1. The van der Waals surface area contributed by atoms with E-state index in [-0.39, 0.29) is 13.1 Å². The van der Waals surface area contributed by atoms with Gasteiger partial charge in [0.2, 0.25) is 5.91 Å². The van der Waals surface area contributed by atoms with Crippen LogP contribution in [0, 0.1) is 5.82 Å². The molecule has 5 amide bonds. The van der Waals surface area contributed by atoms with Crippen LogP contribution in [-0.4, -0.2) is 40.1 Å². The molecule has 8 heteroatoms. The van der Waals surface area contributed by atoms with Crippen molar-refractivity contribution in [3.63, 3.8) is 0 Å². The fourth-order valence-corrected chi connectivity index (χ4v) is 2.60. The number of imide groups is 2. The van der Waals surface area contributed by atoms with Crippen LogP contribution in [0.25, 0.3) is 0 Å². The summed E-state index contributed by atoms with van der Waals surface area (Å²) < 4.78 is 12.9. The van der Waals surface area contributed by atoms with Gasteiger partial charge in [-0.2, -0.15) is 0 Å². The summed E-state index contributed by atoms with van der Waals surface area (Å²) in [7, 11) is 0. The molecule has 0 aliphatic carbocycles. The molecule has 0 spiro atoms. The Morgan fingerprint density at radius 1 is 0.852 bits per heavy atom. The third kappa shape index (κ3) is 4.17. The molecule has 1 saturated heterocycles. The molecule has 7 nitrogen and oxygen atoms in total. The fourth-order valence-electron chi connectivity index (χ4n) is 2.60. The number of rotatable bonds is 6. The van der Waals surface area contributed by atoms with Crippen LogP contribution < -0.4 is 5.32 Å². The molecule has 1 heterocycles. The first-order valence-electron chi connectivity index (χ1n) is 8.18. The van der Waals surface area contributed by atoms with Crippen molar-refractivity contribution >= 4 is 23.8 Å². The Bertz CT molecular complexity index is 884. The number of benzene rings is 2. The highest BCUT2D eigenvalue weighted by atomic mass is 19.1. The van der Waals surface area contributed by atoms with E-state index in [4.69, 9.17) is 0 Å². The van der Waals surface area contributed by atoms with E-state index in [1.54, 1.807) is 30.3 Å². The molecule has 1 aliphatic heterocycles. The van der Waals surface area contributed by atoms with Crippen molar-refractivity contribution in [1.82, 2.24) is 15.1 Å². The molecule has 3 rings (SSSR count). The first-order chi connectivity index (χ1) is 13.0. The van der Waals surface area contributed by atoms with Gasteiger partial charge in [-0.25, -0.2) is 14.1 Å². The van der Waals surface area contributed by atoms with Gasteiger partial charge in [0.15, 0.2) is 0 Å². The van der Waals surface area contributed by atoms with E-state index in [1.807, 2.05) is 0 Å². The number of urea groups is 1. The third-order valence-corrected chi connectivity index (χ3v) is 4.02. The van der Waals surface area contributed by atoms with E-state index in [9.17, 15) is 23.6 Å². The summed E-state index contributed by atoms with van der Waals surface area (Å²) in [5.41, 5.74) is 1.35. The van der Waals surface area contributed by atoms with E-state index in [1.165, 1.54) is 24.3 Å². The summed E-state index contributed by atoms with van der Waals surface area (Å²) in [5, 5.41) is 2.53. The van der Waals surface area contributed by atoms with Crippen molar-refractivity contribution in [2.45, 2.75) is 13.1 Å². The number of hydrogen-bond donors (Lipinski definition) is 1. The van der Waals surface area contributed by atoms with Crippen molar-refractivity contribution in [3.05, 3.63) is 71.5 Å². The molecule has 27 heavy (non-hydrogen) atoms. The fraction of sp³-hybridized carbons (Fsp3) is 0.158. The minimum Gasteiger partial charge on any atom is -0.350 e. The summed E-state index contributed by atoms with van der Waals surface area (Å²) in [4.78, 5) is 50.0. The highest BCUT2D eigenvalue weighted by molar-refractivity contribution is 6.44.